The molecule has 5 aromatic rings. The Morgan fingerprint density at radius 2 is 1.56 bits per heavy atom. The van der Waals surface area contributed by atoms with E-state index in [0.717, 1.165) is 44.1 Å². The first-order chi connectivity index (χ1) is 12.2. The van der Waals surface area contributed by atoms with Crippen molar-refractivity contribution >= 4 is 32.8 Å². The Morgan fingerprint density at radius 1 is 0.760 bits per heavy atom. The van der Waals surface area contributed by atoms with Gasteiger partial charge in [0.2, 0.25) is 0 Å². The molecular formula is C22H16N2O. The quantitative estimate of drug-likeness (QED) is 0.390. The Hall–Kier alpha value is -3.20. The lowest BCUT2D eigenvalue weighted by Crippen LogP contribution is -1.88. The second-order valence-electron chi connectivity index (χ2n) is 6.54. The fraction of sp³-hybridized carbons (Fsp3) is 0.0909. The van der Waals surface area contributed by atoms with Crippen LogP contribution in [0.15, 0.2) is 65.3 Å². The predicted octanol–water partition coefficient (Wildman–Crippen LogP) is 5.81. The zero-order valence-electron chi connectivity index (χ0n) is 14.1. The van der Waals surface area contributed by atoms with Gasteiger partial charge in [0, 0.05) is 16.3 Å². The summed E-state index contributed by atoms with van der Waals surface area (Å²) in [5.41, 5.74) is 6.82. The number of benzene rings is 3. The van der Waals surface area contributed by atoms with E-state index in [1.54, 1.807) is 6.33 Å². The number of hydrogen-bond acceptors (Lipinski definition) is 3. The standard InChI is InChI=1S/C22H16N2O/c1-13-9-14(2)11-16(10-13)19-22-20(24-12-23-19)18-8-7-15-5-3-4-6-17(15)21(18)25-22/h3-12H,1-2H3. The average molecular weight is 324 g/mol. The fourth-order valence-corrected chi connectivity index (χ4v) is 3.62. The smallest absolute Gasteiger partial charge is 0.180 e. The number of fused-ring (bicyclic) bond motifs is 5. The van der Waals surface area contributed by atoms with Crippen LogP contribution in [0.3, 0.4) is 0 Å². The fourth-order valence-electron chi connectivity index (χ4n) is 3.62. The van der Waals surface area contributed by atoms with Crippen molar-refractivity contribution in [3.63, 3.8) is 0 Å². The van der Waals surface area contributed by atoms with E-state index in [4.69, 9.17) is 4.42 Å². The lowest BCUT2D eigenvalue weighted by atomic mass is 10.0. The van der Waals surface area contributed by atoms with Crippen LogP contribution in [0.5, 0.6) is 0 Å². The van der Waals surface area contributed by atoms with Gasteiger partial charge in [0.05, 0.1) is 0 Å². The minimum Gasteiger partial charge on any atom is -0.451 e. The number of aromatic nitrogens is 2. The third kappa shape index (κ3) is 2.13. The molecule has 2 heterocycles. The van der Waals surface area contributed by atoms with Crippen molar-refractivity contribution < 1.29 is 4.42 Å². The Morgan fingerprint density at radius 3 is 2.40 bits per heavy atom. The highest BCUT2D eigenvalue weighted by atomic mass is 16.3. The zero-order chi connectivity index (χ0) is 17.0. The summed E-state index contributed by atoms with van der Waals surface area (Å²) in [4.78, 5) is 9.03. The highest BCUT2D eigenvalue weighted by molar-refractivity contribution is 6.15. The van der Waals surface area contributed by atoms with Crippen LogP contribution < -0.4 is 0 Å². The molecule has 0 bridgehead atoms. The molecule has 0 fully saturated rings. The molecule has 0 aliphatic rings. The van der Waals surface area contributed by atoms with Gasteiger partial charge in [-0.2, -0.15) is 0 Å². The molecule has 0 amide bonds. The summed E-state index contributed by atoms with van der Waals surface area (Å²) in [7, 11) is 0. The van der Waals surface area contributed by atoms with Gasteiger partial charge < -0.3 is 4.42 Å². The van der Waals surface area contributed by atoms with Gasteiger partial charge in [0.1, 0.15) is 23.1 Å². The Kier molecular flexibility index (Phi) is 2.92. The molecule has 0 saturated carbocycles. The van der Waals surface area contributed by atoms with Crippen LogP contribution in [0.1, 0.15) is 11.1 Å². The molecule has 120 valence electrons. The first-order valence-corrected chi connectivity index (χ1v) is 8.34. The molecule has 0 N–H and O–H groups in total. The third-order valence-electron chi connectivity index (χ3n) is 4.64. The zero-order valence-corrected chi connectivity index (χ0v) is 14.1. The van der Waals surface area contributed by atoms with Gasteiger partial charge in [0.25, 0.3) is 0 Å². The van der Waals surface area contributed by atoms with Crippen LogP contribution in [-0.2, 0) is 0 Å². The van der Waals surface area contributed by atoms with Crippen LogP contribution in [0.2, 0.25) is 0 Å². The number of nitrogens with zero attached hydrogens (tertiary/aromatic N) is 2. The molecule has 25 heavy (non-hydrogen) atoms. The summed E-state index contributed by atoms with van der Waals surface area (Å²) in [6.45, 7) is 4.20. The number of aryl methyl sites for hydroxylation is 2. The summed E-state index contributed by atoms with van der Waals surface area (Å²) in [6, 6.07) is 18.9. The molecule has 0 aliphatic carbocycles. The second kappa shape index (κ2) is 5.15. The maximum atomic E-state index is 6.31. The molecule has 3 aromatic carbocycles. The normalized spacial score (nSPS) is 11.6. The van der Waals surface area contributed by atoms with Gasteiger partial charge >= 0.3 is 0 Å². The molecular weight excluding hydrogens is 308 g/mol. The predicted molar refractivity (Wildman–Crippen MR) is 102 cm³/mol. The van der Waals surface area contributed by atoms with Crippen molar-refractivity contribution in [3.8, 4) is 11.3 Å². The largest absolute Gasteiger partial charge is 0.451 e. The lowest BCUT2D eigenvalue weighted by Gasteiger charge is -2.04. The van der Waals surface area contributed by atoms with E-state index < -0.39 is 0 Å². The minimum atomic E-state index is 0.749. The molecule has 3 heteroatoms. The maximum Gasteiger partial charge on any atom is 0.180 e. The molecule has 5 rings (SSSR count). The molecule has 0 atom stereocenters. The van der Waals surface area contributed by atoms with Crippen molar-refractivity contribution in [3.05, 3.63) is 72.1 Å². The van der Waals surface area contributed by atoms with E-state index in [2.05, 4.69) is 66.3 Å². The molecule has 0 saturated heterocycles. The minimum absolute atomic E-state index is 0.749. The van der Waals surface area contributed by atoms with Crippen molar-refractivity contribution in [1.82, 2.24) is 9.97 Å². The van der Waals surface area contributed by atoms with E-state index in [0.29, 0.717) is 0 Å². The van der Waals surface area contributed by atoms with Crippen LogP contribution in [0.4, 0.5) is 0 Å². The topological polar surface area (TPSA) is 38.9 Å². The first-order valence-electron chi connectivity index (χ1n) is 8.34. The molecule has 0 unspecified atom stereocenters. The van der Waals surface area contributed by atoms with Crippen molar-refractivity contribution in [2.24, 2.45) is 0 Å². The van der Waals surface area contributed by atoms with Gasteiger partial charge in [-0.1, -0.05) is 47.5 Å². The molecule has 2 aromatic heterocycles. The Bertz CT molecular complexity index is 1250. The molecule has 0 radical (unpaired) electrons. The first kappa shape index (κ1) is 14.2. The van der Waals surface area contributed by atoms with Crippen molar-refractivity contribution in [1.29, 1.82) is 0 Å². The van der Waals surface area contributed by atoms with Gasteiger partial charge in [0.15, 0.2) is 5.58 Å². The summed E-state index contributed by atoms with van der Waals surface area (Å²) >= 11 is 0. The van der Waals surface area contributed by atoms with Crippen LogP contribution in [0, 0.1) is 13.8 Å². The van der Waals surface area contributed by atoms with Crippen molar-refractivity contribution in [2.75, 3.05) is 0 Å². The second-order valence-corrected chi connectivity index (χ2v) is 6.54. The summed E-state index contributed by atoms with van der Waals surface area (Å²) in [5, 5.41) is 3.29. The van der Waals surface area contributed by atoms with Gasteiger partial charge in [-0.25, -0.2) is 9.97 Å². The van der Waals surface area contributed by atoms with E-state index in [9.17, 15) is 0 Å². The Balaban J connectivity index is 1.91. The van der Waals surface area contributed by atoms with Crippen LogP contribution in [-0.4, -0.2) is 9.97 Å². The Labute approximate surface area is 144 Å². The van der Waals surface area contributed by atoms with Gasteiger partial charge in [-0.05, 0) is 37.4 Å². The van der Waals surface area contributed by atoms with Crippen molar-refractivity contribution in [2.45, 2.75) is 13.8 Å². The molecule has 3 nitrogen and oxygen atoms in total. The highest BCUT2D eigenvalue weighted by Crippen LogP contribution is 2.36. The number of rotatable bonds is 1. The maximum absolute atomic E-state index is 6.31. The third-order valence-corrected chi connectivity index (χ3v) is 4.64. The highest BCUT2D eigenvalue weighted by Gasteiger charge is 2.16. The van der Waals surface area contributed by atoms with E-state index in [1.165, 1.54) is 11.1 Å². The van der Waals surface area contributed by atoms with Crippen LogP contribution >= 0.6 is 0 Å². The molecule has 0 aliphatic heterocycles. The SMILES string of the molecule is Cc1cc(C)cc(-c2ncnc3c2oc2c4ccccc4ccc32)c1. The monoisotopic (exact) mass is 324 g/mol. The number of furan rings is 1. The summed E-state index contributed by atoms with van der Waals surface area (Å²) in [5.74, 6) is 0. The molecule has 0 spiro atoms. The van der Waals surface area contributed by atoms with E-state index in [-0.39, 0.29) is 0 Å². The van der Waals surface area contributed by atoms with E-state index in [1.807, 2.05) is 12.1 Å². The average Bonchev–Trinajstić information content (AvgIpc) is 3.00. The summed E-state index contributed by atoms with van der Waals surface area (Å²) in [6.07, 6.45) is 1.62. The number of hydrogen-bond donors (Lipinski definition) is 0. The van der Waals surface area contributed by atoms with Gasteiger partial charge in [-0.15, -0.1) is 0 Å². The lowest BCUT2D eigenvalue weighted by molar-refractivity contribution is 0.671. The summed E-state index contributed by atoms with van der Waals surface area (Å²) < 4.78 is 6.31. The van der Waals surface area contributed by atoms with E-state index >= 15 is 0 Å². The van der Waals surface area contributed by atoms with Crippen LogP contribution in [0.25, 0.3) is 44.1 Å². The van der Waals surface area contributed by atoms with Gasteiger partial charge in [-0.3, -0.25) is 0 Å².